The van der Waals surface area contributed by atoms with Crippen molar-refractivity contribution in [2.45, 2.75) is 73.8 Å². The molecule has 0 amide bonds. The van der Waals surface area contributed by atoms with E-state index >= 15 is 0 Å². The molecule has 23 heavy (non-hydrogen) atoms. The summed E-state index contributed by atoms with van der Waals surface area (Å²) in [6.45, 7) is 0. The van der Waals surface area contributed by atoms with Crippen molar-refractivity contribution in [3.8, 4) is 0 Å². The number of hydrogen-bond acceptors (Lipinski definition) is 4. The average Bonchev–Trinajstić information content (AvgIpc) is 2.47. The molecule has 0 heterocycles. The van der Waals surface area contributed by atoms with Gasteiger partial charge in [0.15, 0.2) is 0 Å². The molecule has 0 aromatic carbocycles. The number of hydrogen-bond donors (Lipinski definition) is 0. The van der Waals surface area contributed by atoms with Crippen LogP contribution in [0.1, 0.15) is 57.8 Å². The Hall–Kier alpha value is -0.280. The van der Waals surface area contributed by atoms with E-state index in [1.807, 2.05) is 0 Å². The molecule has 4 nitrogen and oxygen atoms in total. The second-order valence-corrected chi connectivity index (χ2v) is 11.5. The maximum atomic E-state index is 12.8. The number of ketones is 1. The van der Waals surface area contributed by atoms with E-state index in [4.69, 9.17) is 3.63 Å². The molecule has 2 rings (SSSR count). The standard InChI is InChI=1S/C14H23F3O4S2/c1-22(11-7-3-2-4-8-11,13-10-6-5-9-12(13)18)21-23(19,20)14(15,16)17/h11,13H,2-10H2,1H3. The quantitative estimate of drug-likeness (QED) is 0.695. The van der Waals surface area contributed by atoms with Crippen LogP contribution < -0.4 is 0 Å². The van der Waals surface area contributed by atoms with Gasteiger partial charge >= 0.3 is 15.6 Å². The Morgan fingerprint density at radius 3 is 2.09 bits per heavy atom. The van der Waals surface area contributed by atoms with Gasteiger partial charge in [0.1, 0.15) is 5.78 Å². The van der Waals surface area contributed by atoms with Crippen LogP contribution in [0.3, 0.4) is 0 Å². The van der Waals surface area contributed by atoms with Crippen LogP contribution >= 0.6 is 10.3 Å². The molecule has 0 spiro atoms. The van der Waals surface area contributed by atoms with Gasteiger partial charge in [-0.2, -0.15) is 21.6 Å². The maximum Gasteiger partial charge on any atom is 0.523 e. The third-order valence-electron chi connectivity index (χ3n) is 4.80. The SMILES string of the molecule is CS(OS(=O)(=O)C(F)(F)F)(C1CCCCC1)C1CCCCC1=O. The highest BCUT2D eigenvalue weighted by molar-refractivity contribution is 8.33. The smallest absolute Gasteiger partial charge is 0.298 e. The van der Waals surface area contributed by atoms with Gasteiger partial charge in [-0.15, -0.1) is 10.3 Å². The molecule has 0 aromatic rings. The molecule has 9 heteroatoms. The van der Waals surface area contributed by atoms with Crippen LogP contribution in [0.4, 0.5) is 13.2 Å². The Morgan fingerprint density at radius 1 is 1.00 bits per heavy atom. The summed E-state index contributed by atoms with van der Waals surface area (Å²) in [6, 6.07) is 0. The largest absolute Gasteiger partial charge is 0.523 e. The second kappa shape index (κ2) is 6.92. The van der Waals surface area contributed by atoms with Crippen molar-refractivity contribution in [3.05, 3.63) is 0 Å². The molecule has 2 fully saturated rings. The summed E-state index contributed by atoms with van der Waals surface area (Å²) in [4.78, 5) is 12.3. The van der Waals surface area contributed by atoms with Crippen molar-refractivity contribution in [2.24, 2.45) is 0 Å². The Labute approximate surface area is 136 Å². The summed E-state index contributed by atoms with van der Waals surface area (Å²) in [6.07, 6.45) is 7.54. The van der Waals surface area contributed by atoms with Crippen LogP contribution in [-0.2, 0) is 18.5 Å². The number of Topliss-reactive ketones (excluding diaryl/α,β-unsaturated/α-hetero) is 1. The fraction of sp³-hybridized carbons (Fsp3) is 0.929. The van der Waals surface area contributed by atoms with E-state index in [9.17, 15) is 26.4 Å². The highest BCUT2D eigenvalue weighted by atomic mass is 32.3. The average molecular weight is 376 g/mol. The third-order valence-corrected chi connectivity index (χ3v) is 10.7. The number of halogens is 3. The van der Waals surface area contributed by atoms with E-state index in [2.05, 4.69) is 0 Å². The zero-order chi connectivity index (χ0) is 17.3. The summed E-state index contributed by atoms with van der Waals surface area (Å²) in [5, 5.41) is -0.961. The molecule has 2 unspecified atom stereocenters. The predicted octanol–water partition coefficient (Wildman–Crippen LogP) is 4.05. The number of carbonyl (C=O) groups excluding carboxylic acids is 1. The zero-order valence-electron chi connectivity index (χ0n) is 13.1. The number of carbonyl (C=O) groups is 1. The van der Waals surface area contributed by atoms with Crippen LogP contribution in [0.5, 0.6) is 0 Å². The van der Waals surface area contributed by atoms with Gasteiger partial charge in [-0.3, -0.25) is 4.79 Å². The van der Waals surface area contributed by atoms with Gasteiger partial charge in [-0.25, -0.2) is 3.63 Å². The van der Waals surface area contributed by atoms with Crippen molar-refractivity contribution in [3.63, 3.8) is 0 Å². The summed E-state index contributed by atoms with van der Waals surface area (Å²) >= 11 is 0. The molecule has 0 aliphatic heterocycles. The summed E-state index contributed by atoms with van der Waals surface area (Å²) in [5.74, 6) is -0.142. The van der Waals surface area contributed by atoms with Crippen molar-refractivity contribution < 1.29 is 30.0 Å². The van der Waals surface area contributed by atoms with Crippen molar-refractivity contribution in [1.82, 2.24) is 0 Å². The van der Waals surface area contributed by atoms with Gasteiger partial charge in [0.25, 0.3) is 0 Å². The highest BCUT2D eigenvalue weighted by Crippen LogP contribution is 2.63. The van der Waals surface area contributed by atoms with Crippen molar-refractivity contribution in [1.29, 1.82) is 0 Å². The summed E-state index contributed by atoms with van der Waals surface area (Å²) in [7, 11) is -8.38. The molecular weight excluding hydrogens is 353 g/mol. The molecule has 0 N–H and O–H groups in total. The van der Waals surface area contributed by atoms with Crippen LogP contribution in [-0.4, -0.2) is 36.5 Å². The lowest BCUT2D eigenvalue weighted by Gasteiger charge is -2.48. The monoisotopic (exact) mass is 376 g/mol. The molecule has 2 aliphatic rings. The Bertz CT molecular complexity index is 541. The molecule has 0 bridgehead atoms. The van der Waals surface area contributed by atoms with E-state index in [0.29, 0.717) is 32.1 Å². The molecule has 2 atom stereocenters. The second-order valence-electron chi connectivity index (χ2n) is 6.40. The van der Waals surface area contributed by atoms with E-state index < -0.39 is 31.2 Å². The molecule has 0 saturated heterocycles. The first-order chi connectivity index (χ1) is 10.6. The van der Waals surface area contributed by atoms with Gasteiger partial charge in [-0.1, -0.05) is 25.7 Å². The topological polar surface area (TPSA) is 60.4 Å². The van der Waals surface area contributed by atoms with Gasteiger partial charge < -0.3 is 0 Å². The van der Waals surface area contributed by atoms with Crippen LogP contribution in [0.2, 0.25) is 0 Å². The van der Waals surface area contributed by atoms with Gasteiger partial charge in [0, 0.05) is 11.7 Å². The lowest BCUT2D eigenvalue weighted by molar-refractivity contribution is -0.119. The van der Waals surface area contributed by atoms with E-state index in [1.165, 1.54) is 6.26 Å². The third kappa shape index (κ3) is 4.04. The minimum atomic E-state index is -5.69. The van der Waals surface area contributed by atoms with E-state index in [0.717, 1.165) is 25.7 Å². The van der Waals surface area contributed by atoms with E-state index in [-0.39, 0.29) is 11.0 Å². The first-order valence-electron chi connectivity index (χ1n) is 7.89. The van der Waals surface area contributed by atoms with E-state index in [1.54, 1.807) is 0 Å². The fourth-order valence-electron chi connectivity index (χ4n) is 3.55. The maximum absolute atomic E-state index is 12.8. The molecular formula is C14H23F3O4S2. The molecule has 136 valence electrons. The van der Waals surface area contributed by atoms with Crippen LogP contribution in [0.25, 0.3) is 0 Å². The van der Waals surface area contributed by atoms with Crippen LogP contribution in [0, 0.1) is 0 Å². The van der Waals surface area contributed by atoms with Crippen molar-refractivity contribution in [2.75, 3.05) is 6.26 Å². The predicted molar refractivity (Wildman–Crippen MR) is 83.7 cm³/mol. The lowest BCUT2D eigenvalue weighted by Crippen LogP contribution is -2.41. The Morgan fingerprint density at radius 2 is 1.57 bits per heavy atom. The minimum absolute atomic E-state index is 0.142. The van der Waals surface area contributed by atoms with Crippen LogP contribution in [0.15, 0.2) is 0 Å². The summed E-state index contributed by atoms with van der Waals surface area (Å²) < 4.78 is 66.5. The normalized spacial score (nSPS) is 29.0. The first-order valence-corrected chi connectivity index (χ1v) is 11.4. The number of rotatable bonds is 4. The Kier molecular flexibility index (Phi) is 5.73. The minimum Gasteiger partial charge on any atom is -0.298 e. The molecule has 2 saturated carbocycles. The molecule has 2 aliphatic carbocycles. The molecule has 0 aromatic heterocycles. The Balaban J connectivity index is 2.36. The number of alkyl halides is 3. The fourth-order valence-corrected chi connectivity index (χ4v) is 9.23. The summed E-state index contributed by atoms with van der Waals surface area (Å²) in [5.41, 5.74) is -5.45. The highest BCUT2D eigenvalue weighted by Gasteiger charge is 2.54. The van der Waals surface area contributed by atoms with Gasteiger partial charge in [-0.05, 0) is 31.9 Å². The molecule has 0 radical (unpaired) electrons. The van der Waals surface area contributed by atoms with Gasteiger partial charge in [0.05, 0.1) is 5.25 Å². The van der Waals surface area contributed by atoms with Gasteiger partial charge in [0.2, 0.25) is 0 Å². The van der Waals surface area contributed by atoms with Crippen molar-refractivity contribution >= 4 is 26.2 Å². The first kappa shape index (κ1) is 19.1. The lowest BCUT2D eigenvalue weighted by atomic mass is 9.99. The zero-order valence-corrected chi connectivity index (χ0v) is 14.7.